The number of benzene rings is 3. The smallest absolute Gasteiger partial charge is 0.461 e. The van der Waals surface area contributed by atoms with Crippen LogP contribution in [0.25, 0.3) is 0 Å². The fourth-order valence-electron chi connectivity index (χ4n) is 4.67. The highest BCUT2D eigenvalue weighted by Gasteiger charge is 2.68. The summed E-state index contributed by atoms with van der Waals surface area (Å²) in [5.74, 6) is -9.05. The van der Waals surface area contributed by atoms with Crippen LogP contribution in [0.4, 0.5) is 39.9 Å². The molecule has 0 aliphatic heterocycles. The zero-order valence-corrected chi connectivity index (χ0v) is 22.3. The van der Waals surface area contributed by atoms with Crippen molar-refractivity contribution in [2.75, 3.05) is 7.11 Å². The van der Waals surface area contributed by atoms with Gasteiger partial charge in [0.05, 0.1) is 12.6 Å². The molecule has 1 aliphatic rings. The molecule has 2 N–H and O–H groups in total. The van der Waals surface area contributed by atoms with E-state index in [1.165, 1.54) is 12.1 Å². The molecule has 1 aliphatic carbocycles. The van der Waals surface area contributed by atoms with Crippen LogP contribution in [0.5, 0.6) is 5.75 Å². The van der Waals surface area contributed by atoms with E-state index in [0.29, 0.717) is 11.6 Å². The second kappa shape index (κ2) is 11.7. The first-order chi connectivity index (χ1) is 20.1. The summed E-state index contributed by atoms with van der Waals surface area (Å²) in [6.07, 6.45) is -10.2. The van der Waals surface area contributed by atoms with Gasteiger partial charge in [-0.1, -0.05) is 42.5 Å². The largest absolute Gasteiger partial charge is 0.465 e. The van der Waals surface area contributed by atoms with Crippen molar-refractivity contribution >= 4 is 12.0 Å². The number of nitrogens with one attached hydrogen (secondary N) is 2. The number of methoxy groups -OCH3 is 1. The molecular formula is C29H24F8N2O4. The van der Waals surface area contributed by atoms with Crippen LogP contribution in [0.3, 0.4) is 0 Å². The van der Waals surface area contributed by atoms with Crippen molar-refractivity contribution in [3.8, 4) is 5.75 Å². The summed E-state index contributed by atoms with van der Waals surface area (Å²) in [6.45, 7) is 0. The standard InChI is InChI=1S/C29H24F8N2O4/c1-42-24(40)28(34,35)26(11-12-26)38-25(41)39-27(16-17-5-3-2-4-6-17,18-7-9-20(30)10-8-18)19-13-21(31)15-22(14-19)43-29(36,37)23(32)33/h2-10,13-15,23H,11-12,16H2,1H3,(H2,38,39,41). The number of hydrogen-bond donors (Lipinski definition) is 2. The number of esters is 1. The molecule has 4 rings (SSSR count). The Hall–Kier alpha value is -4.36. The van der Waals surface area contributed by atoms with Gasteiger partial charge in [0.1, 0.15) is 22.9 Å². The molecule has 1 saturated carbocycles. The lowest BCUT2D eigenvalue weighted by Gasteiger charge is -2.38. The fourth-order valence-corrected chi connectivity index (χ4v) is 4.67. The molecule has 0 radical (unpaired) electrons. The highest BCUT2D eigenvalue weighted by atomic mass is 19.3. The van der Waals surface area contributed by atoms with Crippen molar-refractivity contribution in [1.82, 2.24) is 10.6 Å². The Morgan fingerprint density at radius 3 is 2.07 bits per heavy atom. The van der Waals surface area contributed by atoms with Crippen LogP contribution in [-0.4, -0.2) is 43.1 Å². The lowest BCUT2D eigenvalue weighted by Crippen LogP contribution is -2.60. The van der Waals surface area contributed by atoms with Gasteiger partial charge in [0, 0.05) is 12.5 Å². The molecule has 0 heterocycles. The second-order valence-electron chi connectivity index (χ2n) is 9.94. The maximum absolute atomic E-state index is 14.9. The van der Waals surface area contributed by atoms with Crippen LogP contribution < -0.4 is 15.4 Å². The van der Waals surface area contributed by atoms with Crippen molar-refractivity contribution in [1.29, 1.82) is 0 Å². The normalized spacial score (nSPS) is 15.8. The maximum Gasteiger partial charge on any atom is 0.461 e. The first-order valence-electron chi connectivity index (χ1n) is 12.7. The molecule has 0 aromatic heterocycles. The Bertz CT molecular complexity index is 1470. The van der Waals surface area contributed by atoms with Gasteiger partial charge in [-0.05, 0) is 53.8 Å². The summed E-state index contributed by atoms with van der Waals surface area (Å²) < 4.78 is 120. The van der Waals surface area contributed by atoms with E-state index in [2.05, 4.69) is 20.1 Å². The summed E-state index contributed by atoms with van der Waals surface area (Å²) >= 11 is 0. The van der Waals surface area contributed by atoms with Gasteiger partial charge >= 0.3 is 30.5 Å². The zero-order chi connectivity index (χ0) is 31.6. The summed E-state index contributed by atoms with van der Waals surface area (Å²) in [7, 11) is 0.743. The number of halogens is 8. The van der Waals surface area contributed by atoms with Gasteiger partial charge in [0.15, 0.2) is 0 Å². The van der Waals surface area contributed by atoms with E-state index in [-0.39, 0.29) is 30.4 Å². The first-order valence-corrected chi connectivity index (χ1v) is 12.7. The second-order valence-corrected chi connectivity index (χ2v) is 9.94. The quantitative estimate of drug-likeness (QED) is 0.195. The van der Waals surface area contributed by atoms with E-state index in [0.717, 1.165) is 31.4 Å². The minimum Gasteiger partial charge on any atom is -0.465 e. The minimum atomic E-state index is -5.02. The van der Waals surface area contributed by atoms with Gasteiger partial charge in [-0.2, -0.15) is 26.3 Å². The molecule has 3 aromatic carbocycles. The topological polar surface area (TPSA) is 76.7 Å². The Labute approximate surface area is 240 Å². The highest BCUT2D eigenvalue weighted by molar-refractivity contribution is 5.84. The molecule has 0 bridgehead atoms. The summed E-state index contributed by atoms with van der Waals surface area (Å²) in [5.41, 5.74) is -4.24. The van der Waals surface area contributed by atoms with Gasteiger partial charge in [0.25, 0.3) is 0 Å². The number of urea groups is 1. The lowest BCUT2D eigenvalue weighted by atomic mass is 9.77. The van der Waals surface area contributed by atoms with Gasteiger partial charge < -0.3 is 20.1 Å². The summed E-state index contributed by atoms with van der Waals surface area (Å²) in [6, 6.07) is 13.0. The van der Waals surface area contributed by atoms with E-state index in [9.17, 15) is 44.7 Å². The molecule has 2 amide bonds. The average molecular weight is 617 g/mol. The minimum absolute atomic E-state index is 0.0228. The molecule has 0 spiro atoms. The maximum atomic E-state index is 14.9. The summed E-state index contributed by atoms with van der Waals surface area (Å²) in [4.78, 5) is 25.2. The average Bonchev–Trinajstić information content (AvgIpc) is 3.73. The molecule has 230 valence electrons. The lowest BCUT2D eigenvalue weighted by molar-refractivity contribution is -0.253. The van der Waals surface area contributed by atoms with Gasteiger partial charge in [0.2, 0.25) is 0 Å². The van der Waals surface area contributed by atoms with E-state index < -0.39 is 58.9 Å². The van der Waals surface area contributed by atoms with E-state index >= 15 is 0 Å². The van der Waals surface area contributed by atoms with Crippen molar-refractivity contribution < 1.29 is 54.2 Å². The van der Waals surface area contributed by atoms with Crippen LogP contribution in [-0.2, 0) is 21.5 Å². The highest BCUT2D eigenvalue weighted by Crippen LogP contribution is 2.49. The Kier molecular flexibility index (Phi) is 8.61. The molecule has 14 heteroatoms. The molecule has 0 saturated heterocycles. The summed E-state index contributed by atoms with van der Waals surface area (Å²) in [5, 5.41) is 4.56. The van der Waals surface area contributed by atoms with Crippen molar-refractivity contribution in [3.63, 3.8) is 0 Å². The predicted molar refractivity (Wildman–Crippen MR) is 136 cm³/mol. The van der Waals surface area contributed by atoms with E-state index in [4.69, 9.17) is 0 Å². The number of alkyl halides is 6. The third kappa shape index (κ3) is 6.52. The third-order valence-electron chi connectivity index (χ3n) is 6.99. The van der Waals surface area contributed by atoms with Crippen LogP contribution >= 0.6 is 0 Å². The Morgan fingerprint density at radius 2 is 1.51 bits per heavy atom. The van der Waals surface area contributed by atoms with Gasteiger partial charge in [-0.25, -0.2) is 18.4 Å². The van der Waals surface area contributed by atoms with Gasteiger partial charge in [-0.15, -0.1) is 0 Å². The van der Waals surface area contributed by atoms with E-state index in [1.54, 1.807) is 30.3 Å². The number of ether oxygens (including phenoxy) is 2. The molecular weight excluding hydrogens is 592 g/mol. The SMILES string of the molecule is COC(=O)C(F)(F)C1(NC(=O)NC(Cc2ccccc2)(c2ccc(F)cc2)c2cc(F)cc(OC(F)(F)C(F)F)c2)CC1. The van der Waals surface area contributed by atoms with Crippen LogP contribution in [0.15, 0.2) is 72.8 Å². The Balaban J connectivity index is 1.87. The predicted octanol–water partition coefficient (Wildman–Crippen LogP) is 6.33. The van der Waals surface area contributed by atoms with Crippen molar-refractivity contribution in [3.05, 3.63) is 101 Å². The number of amides is 2. The van der Waals surface area contributed by atoms with Crippen LogP contribution in [0, 0.1) is 11.6 Å². The van der Waals surface area contributed by atoms with Crippen LogP contribution in [0.2, 0.25) is 0 Å². The number of carbonyl (C=O) groups is 2. The van der Waals surface area contributed by atoms with Gasteiger partial charge in [-0.3, -0.25) is 0 Å². The van der Waals surface area contributed by atoms with Crippen molar-refractivity contribution in [2.45, 2.75) is 48.8 Å². The third-order valence-corrected chi connectivity index (χ3v) is 6.99. The monoisotopic (exact) mass is 616 g/mol. The van der Waals surface area contributed by atoms with E-state index in [1.807, 2.05) is 0 Å². The number of rotatable bonds is 11. The Morgan fingerprint density at radius 1 is 0.884 bits per heavy atom. The number of hydrogen-bond acceptors (Lipinski definition) is 4. The van der Waals surface area contributed by atoms with Crippen LogP contribution in [0.1, 0.15) is 29.5 Å². The molecule has 6 nitrogen and oxygen atoms in total. The molecule has 3 aromatic rings. The first kappa shape index (κ1) is 31.6. The number of carbonyl (C=O) groups excluding carboxylic acids is 2. The molecule has 1 atom stereocenters. The zero-order valence-electron chi connectivity index (χ0n) is 22.3. The fraction of sp³-hybridized carbons (Fsp3) is 0.310. The molecule has 1 fully saturated rings. The molecule has 1 unspecified atom stereocenters. The molecule has 43 heavy (non-hydrogen) atoms. The van der Waals surface area contributed by atoms with Crippen molar-refractivity contribution in [2.24, 2.45) is 0 Å².